The van der Waals surface area contributed by atoms with E-state index in [4.69, 9.17) is 5.11 Å². The molecule has 0 radical (unpaired) electrons. The minimum absolute atomic E-state index is 0.349. The Morgan fingerprint density at radius 2 is 2.20 bits per heavy atom. The molecule has 76 valence electrons. The zero-order valence-electron chi connectivity index (χ0n) is 7.94. The van der Waals surface area contributed by atoms with Crippen LogP contribution in [0.1, 0.15) is 16.1 Å². The maximum Gasteiger partial charge on any atom is 0.360 e. The molecule has 0 bridgehead atoms. The number of H-pyrrole nitrogens is 1. The number of rotatable bonds is 1. The van der Waals surface area contributed by atoms with Crippen LogP contribution in [0.5, 0.6) is 0 Å². The van der Waals surface area contributed by atoms with Crippen molar-refractivity contribution in [2.24, 2.45) is 0 Å². The summed E-state index contributed by atoms with van der Waals surface area (Å²) >= 11 is 0. The first-order chi connectivity index (χ1) is 7.09. The predicted molar refractivity (Wildman–Crippen MR) is 54.1 cm³/mol. The SMILES string of the molecule is Cc1ccc2[nH]nc(C(=O)O)c(=O)c2c1. The number of hydrogen-bond acceptors (Lipinski definition) is 3. The van der Waals surface area contributed by atoms with Crippen molar-refractivity contribution in [1.82, 2.24) is 10.2 Å². The van der Waals surface area contributed by atoms with E-state index in [0.717, 1.165) is 5.56 Å². The van der Waals surface area contributed by atoms with Crippen molar-refractivity contribution < 1.29 is 9.90 Å². The van der Waals surface area contributed by atoms with Crippen LogP contribution >= 0.6 is 0 Å². The fraction of sp³-hybridized carbons (Fsp3) is 0.100. The molecule has 2 N–H and O–H groups in total. The lowest BCUT2D eigenvalue weighted by Crippen LogP contribution is -2.18. The molecule has 0 amide bonds. The van der Waals surface area contributed by atoms with Crippen molar-refractivity contribution >= 4 is 16.9 Å². The number of hydrogen-bond donors (Lipinski definition) is 2. The van der Waals surface area contributed by atoms with Crippen LogP contribution in [-0.4, -0.2) is 21.3 Å². The first-order valence-corrected chi connectivity index (χ1v) is 4.32. The third kappa shape index (κ3) is 1.48. The van der Waals surface area contributed by atoms with E-state index < -0.39 is 17.1 Å². The van der Waals surface area contributed by atoms with Crippen LogP contribution < -0.4 is 5.43 Å². The quantitative estimate of drug-likeness (QED) is 0.723. The summed E-state index contributed by atoms with van der Waals surface area (Å²) in [6.07, 6.45) is 0. The smallest absolute Gasteiger partial charge is 0.360 e. The fourth-order valence-corrected chi connectivity index (χ4v) is 1.38. The molecular formula is C10H8N2O3. The maximum absolute atomic E-state index is 11.7. The second-order valence-electron chi connectivity index (χ2n) is 3.26. The first kappa shape index (κ1) is 9.39. The highest BCUT2D eigenvalue weighted by Gasteiger charge is 2.12. The summed E-state index contributed by atoms with van der Waals surface area (Å²) in [4.78, 5) is 22.3. The Hall–Kier alpha value is -2.17. The van der Waals surface area contributed by atoms with Gasteiger partial charge in [0.15, 0.2) is 0 Å². The van der Waals surface area contributed by atoms with Crippen molar-refractivity contribution in [2.75, 3.05) is 0 Å². The van der Waals surface area contributed by atoms with Gasteiger partial charge >= 0.3 is 5.97 Å². The van der Waals surface area contributed by atoms with Crippen LogP contribution in [0, 0.1) is 6.92 Å². The largest absolute Gasteiger partial charge is 0.476 e. The molecule has 0 unspecified atom stereocenters. The number of nitrogens with zero attached hydrogens (tertiary/aromatic N) is 1. The minimum atomic E-state index is -1.32. The molecule has 0 fully saturated rings. The number of aromatic carboxylic acids is 1. The van der Waals surface area contributed by atoms with Crippen molar-refractivity contribution in [2.45, 2.75) is 6.92 Å². The highest BCUT2D eigenvalue weighted by Crippen LogP contribution is 2.08. The van der Waals surface area contributed by atoms with E-state index in [2.05, 4.69) is 10.2 Å². The first-order valence-electron chi connectivity index (χ1n) is 4.32. The van der Waals surface area contributed by atoms with E-state index >= 15 is 0 Å². The second kappa shape index (κ2) is 3.20. The van der Waals surface area contributed by atoms with Crippen molar-refractivity contribution in [3.05, 3.63) is 39.7 Å². The van der Waals surface area contributed by atoms with Gasteiger partial charge in [-0.05, 0) is 19.1 Å². The summed E-state index contributed by atoms with van der Waals surface area (Å²) < 4.78 is 0. The lowest BCUT2D eigenvalue weighted by molar-refractivity contribution is 0.0688. The van der Waals surface area contributed by atoms with Crippen LogP contribution in [0.2, 0.25) is 0 Å². The number of fused-ring (bicyclic) bond motifs is 1. The summed E-state index contributed by atoms with van der Waals surface area (Å²) in [5.41, 5.74) is 0.402. The molecule has 2 rings (SSSR count). The molecule has 5 heteroatoms. The van der Waals surface area contributed by atoms with Crippen molar-refractivity contribution in [3.8, 4) is 0 Å². The molecule has 1 aromatic heterocycles. The molecule has 5 nitrogen and oxygen atoms in total. The zero-order valence-corrected chi connectivity index (χ0v) is 7.94. The Morgan fingerprint density at radius 3 is 2.87 bits per heavy atom. The van der Waals surface area contributed by atoms with Crippen LogP contribution in [0.25, 0.3) is 10.9 Å². The van der Waals surface area contributed by atoms with E-state index in [1.807, 2.05) is 13.0 Å². The van der Waals surface area contributed by atoms with Gasteiger partial charge in [-0.15, -0.1) is 0 Å². The van der Waals surface area contributed by atoms with E-state index in [1.54, 1.807) is 12.1 Å². The van der Waals surface area contributed by atoms with Gasteiger partial charge in [0.05, 0.1) is 5.52 Å². The van der Waals surface area contributed by atoms with Gasteiger partial charge in [0.2, 0.25) is 11.1 Å². The van der Waals surface area contributed by atoms with Gasteiger partial charge in [0.1, 0.15) is 0 Å². The number of carboxylic acids is 1. The molecule has 0 aliphatic carbocycles. The zero-order chi connectivity index (χ0) is 11.0. The topological polar surface area (TPSA) is 83.1 Å². The number of carboxylic acid groups (broad SMARTS) is 1. The van der Waals surface area contributed by atoms with Crippen LogP contribution in [0.15, 0.2) is 23.0 Å². The van der Waals surface area contributed by atoms with Gasteiger partial charge in [0.25, 0.3) is 0 Å². The number of benzene rings is 1. The highest BCUT2D eigenvalue weighted by atomic mass is 16.4. The van der Waals surface area contributed by atoms with Gasteiger partial charge in [-0.1, -0.05) is 11.6 Å². The lowest BCUT2D eigenvalue weighted by Gasteiger charge is -1.99. The average Bonchev–Trinajstić information content (AvgIpc) is 2.19. The van der Waals surface area contributed by atoms with Gasteiger partial charge in [-0.25, -0.2) is 4.79 Å². The summed E-state index contributed by atoms with van der Waals surface area (Å²) in [7, 11) is 0. The number of aromatic nitrogens is 2. The van der Waals surface area contributed by atoms with Gasteiger partial charge in [0, 0.05) is 5.39 Å². The fourth-order valence-electron chi connectivity index (χ4n) is 1.38. The van der Waals surface area contributed by atoms with E-state index in [9.17, 15) is 9.59 Å². The normalized spacial score (nSPS) is 10.5. The second-order valence-corrected chi connectivity index (χ2v) is 3.26. The highest BCUT2D eigenvalue weighted by molar-refractivity contribution is 5.90. The molecule has 0 spiro atoms. The Labute approximate surface area is 84.4 Å². The van der Waals surface area contributed by atoms with Crippen molar-refractivity contribution in [3.63, 3.8) is 0 Å². The summed E-state index contributed by atoms with van der Waals surface area (Å²) in [5, 5.41) is 15.1. The molecule has 0 saturated carbocycles. The maximum atomic E-state index is 11.7. The molecule has 1 heterocycles. The molecule has 0 saturated heterocycles. The Morgan fingerprint density at radius 1 is 1.47 bits per heavy atom. The van der Waals surface area contributed by atoms with E-state index in [1.165, 1.54) is 0 Å². The number of aryl methyl sites for hydroxylation is 1. The molecule has 0 aliphatic rings. The Balaban J connectivity index is 2.89. The number of carbonyl (C=O) groups is 1. The number of nitrogens with one attached hydrogen (secondary N) is 1. The molecular weight excluding hydrogens is 196 g/mol. The average molecular weight is 204 g/mol. The molecule has 0 atom stereocenters. The third-order valence-electron chi connectivity index (χ3n) is 2.13. The Kier molecular flexibility index (Phi) is 2.00. The van der Waals surface area contributed by atoms with Gasteiger partial charge in [-0.3, -0.25) is 9.89 Å². The monoisotopic (exact) mass is 204 g/mol. The van der Waals surface area contributed by atoms with Crippen LogP contribution in [-0.2, 0) is 0 Å². The minimum Gasteiger partial charge on any atom is -0.476 e. The van der Waals surface area contributed by atoms with E-state index in [-0.39, 0.29) is 0 Å². The Bertz CT molecular complexity index is 601. The van der Waals surface area contributed by atoms with E-state index in [0.29, 0.717) is 10.9 Å². The number of aromatic amines is 1. The molecule has 0 aliphatic heterocycles. The summed E-state index contributed by atoms with van der Waals surface area (Å²) in [6.45, 7) is 1.83. The standard InChI is InChI=1S/C10H8N2O3/c1-5-2-3-7-6(4-5)9(13)8(10(14)15)12-11-7/h2-4H,1H3,(H,11,13)(H,14,15). The van der Waals surface area contributed by atoms with Gasteiger partial charge < -0.3 is 5.11 Å². The predicted octanol–water partition coefficient (Wildman–Crippen LogP) is 0.930. The van der Waals surface area contributed by atoms with Crippen LogP contribution in [0.3, 0.4) is 0 Å². The molecule has 2 aromatic rings. The molecule has 15 heavy (non-hydrogen) atoms. The molecule has 1 aromatic carbocycles. The third-order valence-corrected chi connectivity index (χ3v) is 2.13. The summed E-state index contributed by atoms with van der Waals surface area (Å²) in [6, 6.07) is 5.16. The van der Waals surface area contributed by atoms with Crippen molar-refractivity contribution in [1.29, 1.82) is 0 Å². The summed E-state index contributed by atoms with van der Waals surface area (Å²) in [5.74, 6) is -1.32. The van der Waals surface area contributed by atoms with Crippen LogP contribution in [0.4, 0.5) is 0 Å². The lowest BCUT2D eigenvalue weighted by atomic mass is 10.1. The van der Waals surface area contributed by atoms with Gasteiger partial charge in [-0.2, -0.15) is 5.10 Å².